The van der Waals surface area contributed by atoms with Crippen LogP contribution in [0.25, 0.3) is 11.0 Å². The molecule has 0 unspecified atom stereocenters. The van der Waals surface area contributed by atoms with Crippen LogP contribution in [0.15, 0.2) is 28.9 Å². The molecule has 0 aliphatic heterocycles. The third-order valence-corrected chi connectivity index (χ3v) is 2.85. The fourth-order valence-corrected chi connectivity index (χ4v) is 2.03. The van der Waals surface area contributed by atoms with Crippen LogP contribution < -0.4 is 5.32 Å². The van der Waals surface area contributed by atoms with Crippen LogP contribution in [0.3, 0.4) is 0 Å². The summed E-state index contributed by atoms with van der Waals surface area (Å²) in [6.07, 6.45) is -1.57. The Kier molecular flexibility index (Phi) is 3.61. The minimum Gasteiger partial charge on any atom is -0.464 e. The maximum atomic E-state index is 12.9. The molecular weight excluding hydrogens is 243 g/mol. The number of hydrogen-bond acceptors (Lipinski definition) is 2. The minimum absolute atomic E-state index is 0.195. The first-order valence-electron chi connectivity index (χ1n) is 5.75. The van der Waals surface area contributed by atoms with Gasteiger partial charge in [-0.25, -0.2) is 0 Å². The second-order valence-electron chi connectivity index (χ2n) is 4.14. The van der Waals surface area contributed by atoms with Crippen LogP contribution in [0.5, 0.6) is 0 Å². The molecule has 0 saturated heterocycles. The molecule has 2 aromatic rings. The van der Waals surface area contributed by atoms with Crippen molar-refractivity contribution >= 4 is 11.0 Å². The van der Waals surface area contributed by atoms with E-state index in [1.807, 2.05) is 7.05 Å². The van der Waals surface area contributed by atoms with Gasteiger partial charge in [0.15, 0.2) is 0 Å². The van der Waals surface area contributed by atoms with E-state index in [1.54, 1.807) is 6.07 Å². The van der Waals surface area contributed by atoms with Crippen molar-refractivity contribution in [2.75, 3.05) is 13.6 Å². The van der Waals surface area contributed by atoms with Crippen molar-refractivity contribution in [2.45, 2.75) is 19.0 Å². The summed E-state index contributed by atoms with van der Waals surface area (Å²) in [5.74, 6) is 0. The van der Waals surface area contributed by atoms with Gasteiger partial charge in [0.1, 0.15) is 5.58 Å². The molecule has 1 aromatic carbocycles. The van der Waals surface area contributed by atoms with E-state index < -0.39 is 11.7 Å². The Labute approximate surface area is 103 Å². The molecule has 0 saturated carbocycles. The van der Waals surface area contributed by atoms with Crippen molar-refractivity contribution in [3.05, 3.63) is 35.6 Å². The van der Waals surface area contributed by atoms with E-state index in [0.29, 0.717) is 17.6 Å². The summed E-state index contributed by atoms with van der Waals surface area (Å²) in [6, 6.07) is 4.03. The quantitative estimate of drug-likeness (QED) is 0.846. The Morgan fingerprint density at radius 1 is 1.28 bits per heavy atom. The maximum absolute atomic E-state index is 12.9. The highest BCUT2D eigenvalue weighted by Gasteiger charge is 2.33. The van der Waals surface area contributed by atoms with Gasteiger partial charge in [0.25, 0.3) is 0 Å². The molecule has 18 heavy (non-hydrogen) atoms. The summed E-state index contributed by atoms with van der Waals surface area (Å²) in [5.41, 5.74) is 0.297. The van der Waals surface area contributed by atoms with Crippen LogP contribution in [-0.4, -0.2) is 13.6 Å². The molecule has 1 N–H and O–H groups in total. The van der Waals surface area contributed by atoms with Gasteiger partial charge in [0, 0.05) is 5.39 Å². The first-order valence-corrected chi connectivity index (χ1v) is 5.75. The highest BCUT2D eigenvalue weighted by molar-refractivity contribution is 5.85. The molecule has 0 amide bonds. The van der Waals surface area contributed by atoms with Crippen LogP contribution >= 0.6 is 0 Å². The Bertz CT molecular complexity index is 531. The molecule has 1 heterocycles. The molecular formula is C13H14F3NO. The molecule has 0 aliphatic carbocycles. The van der Waals surface area contributed by atoms with Crippen LogP contribution in [-0.2, 0) is 12.6 Å². The number of nitrogens with one attached hydrogen (secondary N) is 1. The van der Waals surface area contributed by atoms with Crippen molar-refractivity contribution in [2.24, 2.45) is 0 Å². The predicted octanol–water partition coefficient (Wildman–Crippen LogP) is 3.60. The third-order valence-electron chi connectivity index (χ3n) is 2.85. The fraction of sp³-hybridized carbons (Fsp3) is 0.385. The molecule has 0 spiro atoms. The lowest BCUT2D eigenvalue weighted by molar-refractivity contribution is -0.136. The SMILES string of the molecule is CNCCCc1coc2cccc(C(F)(F)F)c12. The Morgan fingerprint density at radius 3 is 2.72 bits per heavy atom. The number of hydrogen-bond donors (Lipinski definition) is 1. The number of alkyl halides is 3. The molecule has 1 aromatic heterocycles. The molecule has 98 valence electrons. The zero-order valence-corrected chi connectivity index (χ0v) is 9.97. The van der Waals surface area contributed by atoms with Gasteiger partial charge in [-0.05, 0) is 44.1 Å². The summed E-state index contributed by atoms with van der Waals surface area (Å²) in [7, 11) is 1.81. The normalized spacial score (nSPS) is 12.2. The van der Waals surface area contributed by atoms with E-state index in [-0.39, 0.29) is 5.39 Å². The lowest BCUT2D eigenvalue weighted by Crippen LogP contribution is -2.09. The average molecular weight is 257 g/mol. The van der Waals surface area contributed by atoms with Crippen molar-refractivity contribution in [3.63, 3.8) is 0 Å². The first-order chi connectivity index (χ1) is 8.54. The Hall–Kier alpha value is -1.49. The molecule has 5 heteroatoms. The molecule has 0 fully saturated rings. The van der Waals surface area contributed by atoms with Gasteiger partial charge in [0.2, 0.25) is 0 Å². The Balaban J connectivity index is 2.42. The predicted molar refractivity (Wildman–Crippen MR) is 63.5 cm³/mol. The Morgan fingerprint density at radius 2 is 2.06 bits per heavy atom. The number of aryl methyl sites for hydroxylation is 1. The summed E-state index contributed by atoms with van der Waals surface area (Å²) in [6.45, 7) is 0.765. The van der Waals surface area contributed by atoms with Gasteiger partial charge in [0.05, 0.1) is 11.8 Å². The maximum Gasteiger partial charge on any atom is 0.417 e. The first kappa shape index (κ1) is 13.0. The van der Waals surface area contributed by atoms with Gasteiger partial charge >= 0.3 is 6.18 Å². The number of fused-ring (bicyclic) bond motifs is 1. The van der Waals surface area contributed by atoms with Crippen molar-refractivity contribution < 1.29 is 17.6 Å². The van der Waals surface area contributed by atoms with Gasteiger partial charge in [-0.15, -0.1) is 0 Å². The summed E-state index contributed by atoms with van der Waals surface area (Å²) >= 11 is 0. The number of furan rings is 1. The van der Waals surface area contributed by atoms with Crippen LogP contribution in [0.2, 0.25) is 0 Å². The molecule has 0 bridgehead atoms. The van der Waals surface area contributed by atoms with Gasteiger partial charge in [-0.2, -0.15) is 13.2 Å². The number of benzene rings is 1. The second-order valence-corrected chi connectivity index (χ2v) is 4.14. The zero-order valence-electron chi connectivity index (χ0n) is 9.97. The molecule has 0 atom stereocenters. The molecule has 2 nitrogen and oxygen atoms in total. The van der Waals surface area contributed by atoms with Crippen LogP contribution in [0, 0.1) is 0 Å². The van der Waals surface area contributed by atoms with Crippen molar-refractivity contribution in [1.82, 2.24) is 5.32 Å². The van der Waals surface area contributed by atoms with Crippen LogP contribution in [0.4, 0.5) is 13.2 Å². The fourth-order valence-electron chi connectivity index (χ4n) is 2.03. The summed E-state index contributed by atoms with van der Waals surface area (Å²) < 4.78 is 43.9. The third kappa shape index (κ3) is 2.51. The largest absolute Gasteiger partial charge is 0.464 e. The highest BCUT2D eigenvalue weighted by atomic mass is 19.4. The average Bonchev–Trinajstić information content (AvgIpc) is 2.71. The standard InChI is InChI=1S/C13H14F3NO/c1-17-7-3-4-9-8-18-11-6-2-5-10(12(9)11)13(14,15)16/h2,5-6,8,17H,3-4,7H2,1H3. The lowest BCUT2D eigenvalue weighted by atomic mass is 10.0. The highest BCUT2D eigenvalue weighted by Crippen LogP contribution is 2.37. The summed E-state index contributed by atoms with van der Waals surface area (Å²) in [5, 5.41) is 3.17. The summed E-state index contributed by atoms with van der Waals surface area (Å²) in [4.78, 5) is 0. The van der Waals surface area contributed by atoms with E-state index in [1.165, 1.54) is 12.3 Å². The smallest absolute Gasteiger partial charge is 0.417 e. The van der Waals surface area contributed by atoms with Crippen LogP contribution in [0.1, 0.15) is 17.5 Å². The van der Waals surface area contributed by atoms with Gasteiger partial charge in [-0.3, -0.25) is 0 Å². The van der Waals surface area contributed by atoms with E-state index in [0.717, 1.165) is 19.0 Å². The van der Waals surface area contributed by atoms with Gasteiger partial charge in [-0.1, -0.05) is 6.07 Å². The lowest BCUT2D eigenvalue weighted by Gasteiger charge is -2.09. The molecule has 0 radical (unpaired) electrons. The van der Waals surface area contributed by atoms with E-state index in [4.69, 9.17) is 4.42 Å². The molecule has 0 aliphatic rings. The molecule has 2 rings (SSSR count). The van der Waals surface area contributed by atoms with E-state index in [9.17, 15) is 13.2 Å². The monoisotopic (exact) mass is 257 g/mol. The number of rotatable bonds is 4. The number of halogens is 3. The van der Waals surface area contributed by atoms with E-state index >= 15 is 0 Å². The van der Waals surface area contributed by atoms with E-state index in [2.05, 4.69) is 5.32 Å². The zero-order chi connectivity index (χ0) is 13.2. The van der Waals surface area contributed by atoms with Crippen molar-refractivity contribution in [1.29, 1.82) is 0 Å². The van der Waals surface area contributed by atoms with Gasteiger partial charge < -0.3 is 9.73 Å². The minimum atomic E-state index is -4.35. The second kappa shape index (κ2) is 5.02. The topological polar surface area (TPSA) is 25.2 Å². The van der Waals surface area contributed by atoms with Crippen molar-refractivity contribution in [3.8, 4) is 0 Å².